The fourth-order valence-corrected chi connectivity index (χ4v) is 5.45. The van der Waals surface area contributed by atoms with E-state index in [1.165, 1.54) is 11.8 Å². The molecule has 0 atom stereocenters. The van der Waals surface area contributed by atoms with Crippen LogP contribution in [0, 0.1) is 0 Å². The first-order chi connectivity index (χ1) is 19.2. The standard InChI is InChI=1S/C31H22ClN5OS/c32-23-17-15-22(16-18-23)28-19-26(25-13-7-8-14-27(25)33-28)30-34-35-31(37(30)24-11-5-2-6-12-24)39-20-29(36-38)21-9-3-1-4-10-21/h1-19,38H,20H2/b36-29+. The van der Waals surface area contributed by atoms with Crippen molar-refractivity contribution in [3.63, 3.8) is 0 Å². The van der Waals surface area contributed by atoms with Gasteiger partial charge in [0.25, 0.3) is 0 Å². The summed E-state index contributed by atoms with van der Waals surface area (Å²) in [6.07, 6.45) is 0. The lowest BCUT2D eigenvalue weighted by atomic mass is 10.0. The number of pyridine rings is 1. The molecule has 0 unspecified atom stereocenters. The SMILES string of the molecule is O/N=C(\CSc1nnc(-c2cc(-c3ccc(Cl)cc3)nc3ccccc23)n1-c1ccccc1)c1ccccc1. The molecule has 2 aromatic heterocycles. The lowest BCUT2D eigenvalue weighted by Gasteiger charge is -2.13. The van der Waals surface area contributed by atoms with Crippen LogP contribution in [-0.2, 0) is 0 Å². The van der Waals surface area contributed by atoms with Gasteiger partial charge in [-0.3, -0.25) is 4.57 Å². The van der Waals surface area contributed by atoms with Crippen LogP contribution in [0.4, 0.5) is 0 Å². The van der Waals surface area contributed by atoms with Crippen molar-refractivity contribution >= 4 is 40.0 Å². The van der Waals surface area contributed by atoms with Crippen LogP contribution in [0.3, 0.4) is 0 Å². The molecule has 0 amide bonds. The molecular weight excluding hydrogens is 526 g/mol. The summed E-state index contributed by atoms with van der Waals surface area (Å²) in [6, 6.07) is 37.3. The Morgan fingerprint density at radius 3 is 2.26 bits per heavy atom. The molecule has 4 aromatic carbocycles. The molecule has 8 heteroatoms. The number of thioether (sulfide) groups is 1. The number of nitrogens with zero attached hydrogens (tertiary/aromatic N) is 5. The highest BCUT2D eigenvalue weighted by molar-refractivity contribution is 7.99. The second-order valence-corrected chi connectivity index (χ2v) is 10.1. The van der Waals surface area contributed by atoms with Gasteiger partial charge in [-0.2, -0.15) is 0 Å². The second-order valence-electron chi connectivity index (χ2n) is 8.76. The number of hydrogen-bond acceptors (Lipinski definition) is 6. The highest BCUT2D eigenvalue weighted by Crippen LogP contribution is 2.35. The van der Waals surface area contributed by atoms with Crippen molar-refractivity contribution < 1.29 is 5.21 Å². The molecule has 0 spiro atoms. The number of halogens is 1. The van der Waals surface area contributed by atoms with E-state index in [-0.39, 0.29) is 0 Å². The highest BCUT2D eigenvalue weighted by Gasteiger charge is 2.20. The predicted octanol–water partition coefficient (Wildman–Crippen LogP) is 7.77. The highest BCUT2D eigenvalue weighted by atomic mass is 35.5. The summed E-state index contributed by atoms with van der Waals surface area (Å²) in [5, 5.41) is 24.9. The smallest absolute Gasteiger partial charge is 0.196 e. The van der Waals surface area contributed by atoms with E-state index in [4.69, 9.17) is 16.6 Å². The number of para-hydroxylation sites is 2. The van der Waals surface area contributed by atoms with Gasteiger partial charge in [0.15, 0.2) is 11.0 Å². The van der Waals surface area contributed by atoms with Gasteiger partial charge in [0, 0.05) is 38.5 Å². The molecule has 0 aliphatic rings. The van der Waals surface area contributed by atoms with Crippen LogP contribution in [0.5, 0.6) is 0 Å². The van der Waals surface area contributed by atoms with Crippen LogP contribution in [0.2, 0.25) is 5.02 Å². The first kappa shape index (κ1) is 24.9. The number of fused-ring (bicyclic) bond motifs is 1. The topological polar surface area (TPSA) is 76.2 Å². The van der Waals surface area contributed by atoms with Crippen LogP contribution in [-0.4, -0.2) is 36.4 Å². The Labute approximate surface area is 234 Å². The summed E-state index contributed by atoms with van der Waals surface area (Å²) in [5.74, 6) is 1.11. The Kier molecular flexibility index (Phi) is 7.08. The molecule has 1 N–H and O–H groups in total. The molecule has 0 fully saturated rings. The van der Waals surface area contributed by atoms with Gasteiger partial charge in [-0.1, -0.05) is 107 Å². The van der Waals surface area contributed by atoms with Crippen molar-refractivity contribution in [2.24, 2.45) is 5.16 Å². The molecule has 0 saturated heterocycles. The number of oxime groups is 1. The zero-order valence-electron chi connectivity index (χ0n) is 20.6. The average Bonchev–Trinajstić information content (AvgIpc) is 3.42. The fraction of sp³-hybridized carbons (Fsp3) is 0.0323. The third-order valence-corrected chi connectivity index (χ3v) is 7.50. The van der Waals surface area contributed by atoms with Crippen molar-refractivity contribution in [1.29, 1.82) is 0 Å². The summed E-state index contributed by atoms with van der Waals surface area (Å²) >= 11 is 7.61. The fourth-order valence-electron chi connectivity index (χ4n) is 4.41. The number of aromatic nitrogens is 4. The zero-order valence-corrected chi connectivity index (χ0v) is 22.2. The second kappa shape index (κ2) is 11.1. The normalized spacial score (nSPS) is 11.7. The van der Waals surface area contributed by atoms with Crippen molar-refractivity contribution in [2.75, 3.05) is 5.75 Å². The molecule has 0 aliphatic carbocycles. The lowest BCUT2D eigenvalue weighted by Crippen LogP contribution is -2.06. The van der Waals surface area contributed by atoms with Gasteiger partial charge in [0.2, 0.25) is 0 Å². The Hall–Kier alpha value is -4.46. The Bertz CT molecular complexity index is 1770. The molecule has 0 radical (unpaired) electrons. The number of hydrogen-bond donors (Lipinski definition) is 1. The third-order valence-electron chi connectivity index (χ3n) is 6.31. The minimum atomic E-state index is 0.415. The molecular formula is C31H22ClN5OS. The maximum atomic E-state index is 9.72. The van der Waals surface area contributed by atoms with Gasteiger partial charge in [-0.05, 0) is 36.4 Å². The van der Waals surface area contributed by atoms with Crippen molar-refractivity contribution in [1.82, 2.24) is 19.7 Å². The molecule has 190 valence electrons. The van der Waals surface area contributed by atoms with Crippen molar-refractivity contribution in [3.8, 4) is 28.3 Å². The van der Waals surface area contributed by atoms with Crippen LogP contribution >= 0.6 is 23.4 Å². The maximum Gasteiger partial charge on any atom is 0.196 e. The van der Waals surface area contributed by atoms with Gasteiger partial charge in [-0.25, -0.2) is 4.98 Å². The van der Waals surface area contributed by atoms with Gasteiger partial charge >= 0.3 is 0 Å². The lowest BCUT2D eigenvalue weighted by molar-refractivity contribution is 0.319. The molecule has 2 heterocycles. The molecule has 39 heavy (non-hydrogen) atoms. The molecule has 6 aromatic rings. The summed E-state index contributed by atoms with van der Waals surface area (Å²) in [7, 11) is 0. The van der Waals surface area contributed by atoms with E-state index < -0.39 is 0 Å². The molecule has 0 aliphatic heterocycles. The van der Waals surface area contributed by atoms with Crippen LogP contribution in [0.1, 0.15) is 5.56 Å². The monoisotopic (exact) mass is 547 g/mol. The molecule has 0 saturated carbocycles. The van der Waals surface area contributed by atoms with Crippen LogP contribution in [0.25, 0.3) is 39.2 Å². The van der Waals surface area contributed by atoms with Gasteiger partial charge < -0.3 is 5.21 Å². The maximum absolute atomic E-state index is 9.72. The number of rotatable bonds is 7. The molecule has 6 nitrogen and oxygen atoms in total. The zero-order chi connectivity index (χ0) is 26.6. The van der Waals surface area contributed by atoms with E-state index in [9.17, 15) is 5.21 Å². The summed E-state index contributed by atoms with van der Waals surface area (Å²) in [6.45, 7) is 0. The van der Waals surface area contributed by atoms with E-state index >= 15 is 0 Å². The van der Waals surface area contributed by atoms with E-state index in [1.807, 2.05) is 120 Å². The quantitative estimate of drug-likeness (QED) is 0.0955. The van der Waals surface area contributed by atoms with E-state index in [0.717, 1.165) is 39.0 Å². The Morgan fingerprint density at radius 2 is 1.51 bits per heavy atom. The predicted molar refractivity (Wildman–Crippen MR) is 158 cm³/mol. The Morgan fingerprint density at radius 1 is 0.821 bits per heavy atom. The molecule has 0 bridgehead atoms. The first-order valence-electron chi connectivity index (χ1n) is 12.3. The van der Waals surface area contributed by atoms with Crippen LogP contribution in [0.15, 0.2) is 126 Å². The summed E-state index contributed by atoms with van der Waals surface area (Å²) in [5.41, 5.74) is 5.88. The van der Waals surface area contributed by atoms with Crippen molar-refractivity contribution in [3.05, 3.63) is 126 Å². The molecule has 6 rings (SSSR count). The first-order valence-corrected chi connectivity index (χ1v) is 13.6. The largest absolute Gasteiger partial charge is 0.411 e. The van der Waals surface area contributed by atoms with Crippen molar-refractivity contribution in [2.45, 2.75) is 5.16 Å². The van der Waals surface area contributed by atoms with E-state index in [1.54, 1.807) is 0 Å². The van der Waals surface area contributed by atoms with Gasteiger partial charge in [-0.15, -0.1) is 10.2 Å². The third kappa shape index (κ3) is 5.14. The van der Waals surface area contributed by atoms with E-state index in [2.05, 4.69) is 15.4 Å². The van der Waals surface area contributed by atoms with Crippen LogP contribution < -0.4 is 0 Å². The minimum Gasteiger partial charge on any atom is -0.411 e. The Balaban J connectivity index is 1.49. The minimum absolute atomic E-state index is 0.415. The summed E-state index contributed by atoms with van der Waals surface area (Å²) in [4.78, 5) is 4.93. The van der Waals surface area contributed by atoms with E-state index in [0.29, 0.717) is 27.5 Å². The van der Waals surface area contributed by atoms with Gasteiger partial charge in [0.05, 0.1) is 16.9 Å². The summed E-state index contributed by atoms with van der Waals surface area (Å²) < 4.78 is 2.04. The van der Waals surface area contributed by atoms with Gasteiger partial charge in [0.1, 0.15) is 0 Å². The number of benzene rings is 4. The average molecular weight is 548 g/mol.